The van der Waals surface area contributed by atoms with Crippen LogP contribution in [0.3, 0.4) is 0 Å². The van der Waals surface area contributed by atoms with Gasteiger partial charge in [0.1, 0.15) is 17.8 Å². The predicted molar refractivity (Wildman–Crippen MR) is 89.5 cm³/mol. The maximum atomic E-state index is 12.2. The summed E-state index contributed by atoms with van der Waals surface area (Å²) in [4.78, 5) is 24.3. The molecule has 2 heterocycles. The van der Waals surface area contributed by atoms with Crippen molar-refractivity contribution in [3.05, 3.63) is 23.8 Å². The fourth-order valence-corrected chi connectivity index (χ4v) is 3.73. The van der Waals surface area contributed by atoms with Crippen molar-refractivity contribution >= 4 is 11.9 Å². The predicted octanol–water partition coefficient (Wildman–Crippen LogP) is 1.91. The summed E-state index contributed by atoms with van der Waals surface area (Å²) in [6.45, 7) is 9.21. The van der Waals surface area contributed by atoms with Gasteiger partial charge in [0, 0.05) is 12.0 Å². The number of ether oxygens (including phenoxy) is 3. The van der Waals surface area contributed by atoms with Crippen LogP contribution < -0.4 is 0 Å². The van der Waals surface area contributed by atoms with E-state index in [2.05, 4.69) is 6.58 Å². The van der Waals surface area contributed by atoms with Crippen LogP contribution in [0.5, 0.6) is 0 Å². The van der Waals surface area contributed by atoms with E-state index in [1.165, 1.54) is 0 Å². The van der Waals surface area contributed by atoms with Crippen molar-refractivity contribution in [1.29, 1.82) is 0 Å². The highest BCUT2D eigenvalue weighted by molar-refractivity contribution is 5.91. The van der Waals surface area contributed by atoms with Crippen LogP contribution in [0.4, 0.5) is 0 Å². The van der Waals surface area contributed by atoms with Crippen molar-refractivity contribution in [2.45, 2.75) is 63.9 Å². The zero-order valence-corrected chi connectivity index (χ0v) is 15.0. The van der Waals surface area contributed by atoms with Gasteiger partial charge in [-0.25, -0.2) is 4.79 Å². The van der Waals surface area contributed by atoms with Crippen LogP contribution >= 0.6 is 0 Å². The Kier molecular flexibility index (Phi) is 4.77. The maximum absolute atomic E-state index is 12.2. The van der Waals surface area contributed by atoms with Crippen LogP contribution in [0.25, 0.3) is 0 Å². The average molecular weight is 350 g/mol. The zero-order chi connectivity index (χ0) is 18.4. The molecule has 1 aliphatic carbocycles. The van der Waals surface area contributed by atoms with Gasteiger partial charge in [0.2, 0.25) is 0 Å². The summed E-state index contributed by atoms with van der Waals surface area (Å²) < 4.78 is 17.0. The first-order chi connectivity index (χ1) is 11.8. The quantitative estimate of drug-likeness (QED) is 0.362. The van der Waals surface area contributed by atoms with Crippen LogP contribution in [0.15, 0.2) is 23.8 Å². The van der Waals surface area contributed by atoms with Gasteiger partial charge in [-0.1, -0.05) is 26.0 Å². The molecular formula is C19H26O6. The number of aliphatic hydroxyl groups excluding tert-OH is 1. The fourth-order valence-electron chi connectivity index (χ4n) is 3.73. The summed E-state index contributed by atoms with van der Waals surface area (Å²) in [5.41, 5.74) is 0.674. The lowest BCUT2D eigenvalue weighted by molar-refractivity contribution is -0.157. The molecule has 1 N–H and O–H groups in total. The Balaban J connectivity index is 1.96. The van der Waals surface area contributed by atoms with E-state index >= 15 is 0 Å². The largest absolute Gasteiger partial charge is 0.461 e. The first kappa shape index (κ1) is 18.1. The second-order valence-corrected chi connectivity index (χ2v) is 7.64. The molecule has 0 amide bonds. The van der Waals surface area contributed by atoms with Crippen molar-refractivity contribution in [2.24, 2.45) is 11.8 Å². The van der Waals surface area contributed by atoms with E-state index in [4.69, 9.17) is 14.2 Å². The van der Waals surface area contributed by atoms with Gasteiger partial charge in [0.05, 0.1) is 24.5 Å². The van der Waals surface area contributed by atoms with E-state index in [9.17, 15) is 14.7 Å². The highest BCUT2D eigenvalue weighted by Gasteiger charge is 2.59. The number of aliphatic hydroxyl groups is 1. The molecule has 2 saturated heterocycles. The number of allylic oxidation sites excluding steroid dienone is 1. The lowest BCUT2D eigenvalue weighted by atomic mass is 9.82. The first-order valence-corrected chi connectivity index (χ1v) is 8.83. The summed E-state index contributed by atoms with van der Waals surface area (Å²) in [6, 6.07) is 0. The molecule has 0 aromatic rings. The van der Waals surface area contributed by atoms with Gasteiger partial charge in [0.15, 0.2) is 0 Å². The molecule has 0 unspecified atom stereocenters. The summed E-state index contributed by atoms with van der Waals surface area (Å²) in [7, 11) is 0. The molecule has 0 radical (unpaired) electrons. The lowest BCUT2D eigenvalue weighted by Gasteiger charge is -2.29. The minimum Gasteiger partial charge on any atom is -0.461 e. The van der Waals surface area contributed by atoms with E-state index in [1.54, 1.807) is 13.8 Å². The van der Waals surface area contributed by atoms with Gasteiger partial charge in [0.25, 0.3) is 0 Å². The number of carbonyl (C=O) groups is 2. The molecular weight excluding hydrogens is 324 g/mol. The molecule has 0 spiro atoms. The van der Waals surface area contributed by atoms with Gasteiger partial charge >= 0.3 is 11.9 Å². The number of epoxide rings is 1. The Bertz CT molecular complexity index is 621. The summed E-state index contributed by atoms with van der Waals surface area (Å²) >= 11 is 0. The van der Waals surface area contributed by atoms with Crippen LogP contribution in [-0.2, 0) is 23.8 Å². The van der Waals surface area contributed by atoms with Crippen LogP contribution in [-0.4, -0.2) is 47.6 Å². The van der Waals surface area contributed by atoms with Gasteiger partial charge in [-0.15, -0.1) is 0 Å². The molecule has 0 aromatic heterocycles. The molecule has 2 fully saturated rings. The summed E-state index contributed by atoms with van der Waals surface area (Å²) in [5, 5.41) is 9.86. The second-order valence-electron chi connectivity index (χ2n) is 7.64. The number of fused-ring (bicyclic) bond motifs is 2. The third-order valence-electron chi connectivity index (χ3n) is 5.37. The average Bonchev–Trinajstić information content (AvgIpc) is 3.17. The third-order valence-corrected chi connectivity index (χ3v) is 5.37. The van der Waals surface area contributed by atoms with E-state index in [0.717, 1.165) is 18.4 Å². The van der Waals surface area contributed by atoms with Crippen molar-refractivity contribution in [2.75, 3.05) is 6.61 Å². The molecule has 3 aliphatic rings. The number of carbonyl (C=O) groups excluding carboxylic acids is 2. The lowest BCUT2D eigenvalue weighted by Crippen LogP contribution is -2.39. The molecule has 0 saturated carbocycles. The topological polar surface area (TPSA) is 85.4 Å². The molecule has 25 heavy (non-hydrogen) atoms. The van der Waals surface area contributed by atoms with Gasteiger partial charge in [-0.05, 0) is 25.8 Å². The molecule has 5 atom stereocenters. The number of rotatable bonds is 3. The Morgan fingerprint density at radius 2 is 2.24 bits per heavy atom. The third kappa shape index (κ3) is 3.37. The van der Waals surface area contributed by atoms with Crippen LogP contribution in [0, 0.1) is 11.8 Å². The zero-order valence-electron chi connectivity index (χ0n) is 15.0. The minimum atomic E-state index is -0.712. The van der Waals surface area contributed by atoms with Gasteiger partial charge in [-0.2, -0.15) is 0 Å². The van der Waals surface area contributed by atoms with E-state index in [0.29, 0.717) is 12.0 Å². The molecule has 3 rings (SSSR count). The highest BCUT2D eigenvalue weighted by Crippen LogP contribution is 2.48. The molecule has 2 aliphatic heterocycles. The first-order valence-electron chi connectivity index (χ1n) is 8.83. The van der Waals surface area contributed by atoms with Crippen LogP contribution in [0.2, 0.25) is 0 Å². The molecule has 6 nitrogen and oxygen atoms in total. The van der Waals surface area contributed by atoms with E-state index in [1.807, 2.05) is 13.0 Å². The van der Waals surface area contributed by atoms with Crippen LogP contribution in [0.1, 0.15) is 40.0 Å². The van der Waals surface area contributed by atoms with Crippen molar-refractivity contribution in [3.8, 4) is 0 Å². The second kappa shape index (κ2) is 6.57. The minimum absolute atomic E-state index is 0.0658. The smallest absolute Gasteiger partial charge is 0.334 e. The summed E-state index contributed by atoms with van der Waals surface area (Å²) in [6.07, 6.45) is 2.63. The standard InChI is InChI=1S/C19H26O6/c1-10(2)17(21)24-14-8-19(9-20)15(25-19)6-5-11(3)7-13-16(14)12(4)18(22)23-13/h7,10,13-16,20H,4-6,8-9H2,1-3H3/b11-7+/t13-,14-,15-,16+,19-/m1/s1. The number of hydrogen-bond donors (Lipinski definition) is 1. The number of hydrogen-bond acceptors (Lipinski definition) is 6. The van der Waals surface area contributed by atoms with Crippen molar-refractivity contribution < 1.29 is 28.9 Å². The monoisotopic (exact) mass is 350 g/mol. The molecule has 0 bridgehead atoms. The number of esters is 2. The van der Waals surface area contributed by atoms with E-state index < -0.39 is 29.7 Å². The Hall–Kier alpha value is -1.66. The van der Waals surface area contributed by atoms with Gasteiger partial charge in [-0.3, -0.25) is 4.79 Å². The molecule has 138 valence electrons. The fraction of sp³-hybridized carbons (Fsp3) is 0.684. The van der Waals surface area contributed by atoms with Crippen molar-refractivity contribution in [1.82, 2.24) is 0 Å². The molecule has 6 heteroatoms. The maximum Gasteiger partial charge on any atom is 0.334 e. The molecule has 0 aromatic carbocycles. The Morgan fingerprint density at radius 3 is 2.88 bits per heavy atom. The van der Waals surface area contributed by atoms with Gasteiger partial charge < -0.3 is 19.3 Å². The normalized spacial score (nSPS) is 39.8. The SMILES string of the molecule is C=C1C(=O)O[C@@H]2/C=C(\C)CC[C@H]3O[C@@]3(CO)C[C@@H](OC(=O)C(C)C)[C@@H]12. The Morgan fingerprint density at radius 1 is 1.52 bits per heavy atom. The Labute approximate surface area is 147 Å². The summed E-state index contributed by atoms with van der Waals surface area (Å²) in [5.74, 6) is -1.57. The van der Waals surface area contributed by atoms with E-state index in [-0.39, 0.29) is 24.6 Å². The highest BCUT2D eigenvalue weighted by atomic mass is 16.6. The van der Waals surface area contributed by atoms with Crippen molar-refractivity contribution in [3.63, 3.8) is 0 Å².